The zero-order valence-electron chi connectivity index (χ0n) is 15.5. The Morgan fingerprint density at radius 2 is 1.85 bits per heavy atom. The van der Waals surface area contributed by atoms with Gasteiger partial charge in [-0.1, -0.05) is 24.3 Å². The van der Waals surface area contributed by atoms with E-state index < -0.39 is 6.03 Å². The maximum atomic E-state index is 13.0. The fraction of sp³-hybridized carbons (Fsp3) is 0.333. The van der Waals surface area contributed by atoms with Crippen LogP contribution in [0.2, 0.25) is 0 Å². The van der Waals surface area contributed by atoms with E-state index in [-0.39, 0.29) is 11.9 Å². The highest BCUT2D eigenvalue weighted by Crippen LogP contribution is 2.34. The van der Waals surface area contributed by atoms with Crippen molar-refractivity contribution in [1.29, 1.82) is 0 Å². The number of hydrogen-bond acceptors (Lipinski definition) is 3. The molecule has 1 aliphatic heterocycles. The number of carbonyl (C=O) groups is 2. The molecular weight excluding hydrogens is 342 g/mol. The van der Waals surface area contributed by atoms with E-state index in [4.69, 9.17) is 10.5 Å². The van der Waals surface area contributed by atoms with Gasteiger partial charge in [0.2, 0.25) is 0 Å². The molecular formula is C21H25N3O3. The molecule has 2 aromatic rings. The first-order valence-corrected chi connectivity index (χ1v) is 9.24. The minimum atomic E-state index is -0.564. The monoisotopic (exact) mass is 367 g/mol. The van der Waals surface area contributed by atoms with Crippen molar-refractivity contribution in [1.82, 2.24) is 10.2 Å². The van der Waals surface area contributed by atoms with Gasteiger partial charge in [0.25, 0.3) is 5.91 Å². The predicted molar refractivity (Wildman–Crippen MR) is 103 cm³/mol. The van der Waals surface area contributed by atoms with Gasteiger partial charge in [-0.15, -0.1) is 0 Å². The van der Waals surface area contributed by atoms with Gasteiger partial charge in [-0.05, 0) is 55.2 Å². The standard InChI is InChI=1S/C21H25N3O3/c1-2-27-18-11-9-16(10-12-18)19-4-3-13-24(19)20(25)17-7-5-15(6-8-17)14-23-21(22)26/h5-12,19H,2-4,13-14H2,1H3,(H3,22,23,26)/t19-/m0/s1. The first kappa shape index (κ1) is 18.8. The van der Waals surface area contributed by atoms with Gasteiger partial charge in [-0.25, -0.2) is 4.79 Å². The normalized spacial score (nSPS) is 16.2. The summed E-state index contributed by atoms with van der Waals surface area (Å²) in [5.41, 5.74) is 7.76. The lowest BCUT2D eigenvalue weighted by molar-refractivity contribution is 0.0735. The number of carbonyl (C=O) groups excluding carboxylic acids is 2. The van der Waals surface area contributed by atoms with Gasteiger partial charge in [0.1, 0.15) is 5.75 Å². The van der Waals surface area contributed by atoms with Crippen LogP contribution < -0.4 is 15.8 Å². The van der Waals surface area contributed by atoms with Crippen molar-refractivity contribution >= 4 is 11.9 Å². The van der Waals surface area contributed by atoms with Crippen LogP contribution in [0.25, 0.3) is 0 Å². The number of likely N-dealkylation sites (tertiary alicyclic amines) is 1. The zero-order valence-corrected chi connectivity index (χ0v) is 15.5. The lowest BCUT2D eigenvalue weighted by Crippen LogP contribution is -2.30. The number of nitrogens with one attached hydrogen (secondary N) is 1. The Hall–Kier alpha value is -3.02. The van der Waals surface area contributed by atoms with Crippen LogP contribution >= 0.6 is 0 Å². The summed E-state index contributed by atoms with van der Waals surface area (Å²) in [5.74, 6) is 0.873. The topological polar surface area (TPSA) is 84.7 Å². The van der Waals surface area contributed by atoms with Crippen LogP contribution in [0.3, 0.4) is 0 Å². The maximum absolute atomic E-state index is 13.0. The number of nitrogens with zero attached hydrogens (tertiary/aromatic N) is 1. The van der Waals surface area contributed by atoms with Gasteiger partial charge in [-0.2, -0.15) is 0 Å². The summed E-state index contributed by atoms with van der Waals surface area (Å²) in [6, 6.07) is 14.8. The molecule has 3 amide bonds. The Morgan fingerprint density at radius 1 is 1.15 bits per heavy atom. The molecule has 0 aliphatic carbocycles. The summed E-state index contributed by atoms with van der Waals surface area (Å²) in [7, 11) is 0. The lowest BCUT2D eigenvalue weighted by atomic mass is 10.0. The van der Waals surface area contributed by atoms with E-state index in [0.29, 0.717) is 18.7 Å². The molecule has 0 saturated carbocycles. The molecule has 6 heteroatoms. The molecule has 0 aromatic heterocycles. The average molecular weight is 367 g/mol. The van der Waals surface area contributed by atoms with E-state index >= 15 is 0 Å². The van der Waals surface area contributed by atoms with E-state index in [1.807, 2.05) is 48.2 Å². The molecule has 0 unspecified atom stereocenters. The minimum Gasteiger partial charge on any atom is -0.494 e. The first-order chi connectivity index (χ1) is 13.1. The molecule has 6 nitrogen and oxygen atoms in total. The van der Waals surface area contributed by atoms with E-state index in [1.165, 1.54) is 0 Å². The molecule has 1 heterocycles. The number of amides is 3. The third-order valence-electron chi connectivity index (χ3n) is 4.76. The van der Waals surface area contributed by atoms with Gasteiger partial charge >= 0.3 is 6.03 Å². The Bertz CT molecular complexity index is 787. The highest BCUT2D eigenvalue weighted by Gasteiger charge is 2.30. The number of ether oxygens (including phenoxy) is 1. The quantitative estimate of drug-likeness (QED) is 0.822. The number of nitrogens with two attached hydrogens (primary N) is 1. The Balaban J connectivity index is 1.70. The molecule has 0 spiro atoms. The summed E-state index contributed by atoms with van der Waals surface area (Å²) >= 11 is 0. The van der Waals surface area contributed by atoms with Gasteiger partial charge in [0, 0.05) is 18.7 Å². The average Bonchev–Trinajstić information content (AvgIpc) is 3.17. The zero-order chi connectivity index (χ0) is 19.2. The van der Waals surface area contributed by atoms with Crippen molar-refractivity contribution in [3.8, 4) is 5.75 Å². The minimum absolute atomic E-state index is 0.0285. The van der Waals surface area contributed by atoms with Crippen LogP contribution in [0.15, 0.2) is 48.5 Å². The number of benzene rings is 2. The van der Waals surface area contributed by atoms with Crippen molar-refractivity contribution in [2.75, 3.05) is 13.2 Å². The van der Waals surface area contributed by atoms with E-state index in [0.717, 1.165) is 36.3 Å². The van der Waals surface area contributed by atoms with Crippen molar-refractivity contribution < 1.29 is 14.3 Å². The first-order valence-electron chi connectivity index (χ1n) is 9.24. The van der Waals surface area contributed by atoms with Crippen molar-refractivity contribution in [2.24, 2.45) is 5.73 Å². The van der Waals surface area contributed by atoms with Crippen LogP contribution in [0.4, 0.5) is 4.79 Å². The van der Waals surface area contributed by atoms with Crippen LogP contribution in [-0.2, 0) is 6.54 Å². The maximum Gasteiger partial charge on any atom is 0.312 e. The third-order valence-corrected chi connectivity index (χ3v) is 4.76. The molecule has 0 bridgehead atoms. The molecule has 0 radical (unpaired) electrons. The van der Waals surface area contributed by atoms with Crippen molar-refractivity contribution in [2.45, 2.75) is 32.4 Å². The number of primary amides is 1. The molecule has 3 N–H and O–H groups in total. The van der Waals surface area contributed by atoms with Crippen LogP contribution in [0.5, 0.6) is 5.75 Å². The molecule has 27 heavy (non-hydrogen) atoms. The van der Waals surface area contributed by atoms with Gasteiger partial charge < -0.3 is 20.7 Å². The highest BCUT2D eigenvalue weighted by molar-refractivity contribution is 5.94. The fourth-order valence-electron chi connectivity index (χ4n) is 3.43. The molecule has 1 saturated heterocycles. The second-order valence-electron chi connectivity index (χ2n) is 6.57. The van der Waals surface area contributed by atoms with Crippen LogP contribution in [-0.4, -0.2) is 30.0 Å². The SMILES string of the molecule is CCOc1ccc([C@@H]2CCCN2C(=O)c2ccc(CNC(N)=O)cc2)cc1. The van der Waals surface area contributed by atoms with Crippen molar-refractivity contribution in [3.63, 3.8) is 0 Å². The summed E-state index contributed by atoms with van der Waals surface area (Å²) in [4.78, 5) is 25.7. The van der Waals surface area contributed by atoms with Gasteiger partial charge in [0.05, 0.1) is 12.6 Å². The number of rotatable bonds is 6. The second-order valence-corrected chi connectivity index (χ2v) is 6.57. The fourth-order valence-corrected chi connectivity index (χ4v) is 3.43. The summed E-state index contributed by atoms with van der Waals surface area (Å²) in [6.45, 7) is 3.70. The molecule has 1 atom stereocenters. The van der Waals surface area contributed by atoms with Gasteiger partial charge in [0.15, 0.2) is 0 Å². The van der Waals surface area contributed by atoms with E-state index in [2.05, 4.69) is 5.32 Å². The molecule has 2 aromatic carbocycles. The third kappa shape index (κ3) is 4.58. The highest BCUT2D eigenvalue weighted by atomic mass is 16.5. The van der Waals surface area contributed by atoms with Gasteiger partial charge in [-0.3, -0.25) is 4.79 Å². The Kier molecular flexibility index (Phi) is 5.96. The molecule has 3 rings (SSSR count). The second kappa shape index (κ2) is 8.58. The number of urea groups is 1. The summed E-state index contributed by atoms with van der Waals surface area (Å²) < 4.78 is 5.50. The largest absolute Gasteiger partial charge is 0.494 e. The number of hydrogen-bond donors (Lipinski definition) is 2. The summed E-state index contributed by atoms with van der Waals surface area (Å²) in [5, 5.41) is 2.54. The molecule has 142 valence electrons. The van der Waals surface area contributed by atoms with E-state index in [9.17, 15) is 9.59 Å². The summed E-state index contributed by atoms with van der Waals surface area (Å²) in [6.07, 6.45) is 1.95. The van der Waals surface area contributed by atoms with Crippen LogP contribution in [0, 0.1) is 0 Å². The predicted octanol–water partition coefficient (Wildman–Crippen LogP) is 3.23. The van der Waals surface area contributed by atoms with Crippen molar-refractivity contribution in [3.05, 3.63) is 65.2 Å². The van der Waals surface area contributed by atoms with E-state index in [1.54, 1.807) is 12.1 Å². The molecule has 1 fully saturated rings. The van der Waals surface area contributed by atoms with Crippen LogP contribution in [0.1, 0.15) is 47.3 Å². The Morgan fingerprint density at radius 3 is 2.48 bits per heavy atom. The lowest BCUT2D eigenvalue weighted by Gasteiger charge is -2.25. The molecule has 1 aliphatic rings. The smallest absolute Gasteiger partial charge is 0.312 e. The Labute approximate surface area is 159 Å².